The number of phosphoric acid groups is 1. The normalized spacial score (nSPS) is 39.7. The van der Waals surface area contributed by atoms with Crippen LogP contribution >= 0.6 is 7.82 Å². The number of carbonyl (C=O) groups is 2. The minimum atomic E-state index is -4.57. The van der Waals surface area contributed by atoms with Crippen LogP contribution in [0.1, 0.15) is 102 Å². The fourth-order valence-electron chi connectivity index (χ4n) is 10.5. The predicted molar refractivity (Wildman–Crippen MR) is 160 cm³/mol. The van der Waals surface area contributed by atoms with Crippen LogP contribution in [-0.2, 0) is 13.9 Å². The van der Waals surface area contributed by atoms with E-state index in [1.54, 1.807) is 0 Å². The number of phosphoric ester groups is 1. The van der Waals surface area contributed by atoms with Gasteiger partial charge in [-0.25, -0.2) is 9.36 Å². The van der Waals surface area contributed by atoms with Gasteiger partial charge in [-0.15, -0.1) is 0 Å². The van der Waals surface area contributed by atoms with Gasteiger partial charge in [0.2, 0.25) is 5.91 Å². The summed E-state index contributed by atoms with van der Waals surface area (Å²) in [6.07, 6.45) is 6.83. The van der Waals surface area contributed by atoms with Crippen LogP contribution in [0.25, 0.3) is 0 Å². The number of hydrogen-bond donors (Lipinski definition) is 6. The number of carbonyl (C=O) groups excluding carboxylic acids is 1. The predicted octanol–water partition coefficient (Wildman–Crippen LogP) is 5.94. The fourth-order valence-corrected chi connectivity index (χ4v) is 11.0. The lowest BCUT2D eigenvalue weighted by molar-refractivity contribution is -0.209. The van der Waals surface area contributed by atoms with E-state index in [9.17, 15) is 39.3 Å². The van der Waals surface area contributed by atoms with Gasteiger partial charge in [0.05, 0.1) is 12.2 Å². The maximum atomic E-state index is 12.8. The minimum absolute atomic E-state index is 0.0382. The number of carboxylic acids is 1. The first-order valence-corrected chi connectivity index (χ1v) is 17.3. The molecule has 10 nitrogen and oxygen atoms in total. The molecule has 0 bridgehead atoms. The summed E-state index contributed by atoms with van der Waals surface area (Å²) in [5.74, 6) is -0.145. The summed E-state index contributed by atoms with van der Waals surface area (Å²) < 4.78 is 16.7. The average Bonchev–Trinajstić information content (AvgIpc) is 3.25. The summed E-state index contributed by atoms with van der Waals surface area (Å²) in [6, 6.07) is 4.02. The smallest absolute Gasteiger partial charge is 0.469 e. The van der Waals surface area contributed by atoms with Crippen LogP contribution in [0.15, 0.2) is 18.2 Å². The number of carboxylic acid groups (broad SMARTS) is 1. The van der Waals surface area contributed by atoms with Crippen molar-refractivity contribution in [2.45, 2.75) is 104 Å². The average molecular weight is 622 g/mol. The number of nitrogens with one attached hydrogen (secondary N) is 1. The van der Waals surface area contributed by atoms with Crippen LogP contribution in [0.2, 0.25) is 0 Å². The Hall–Kier alpha value is -1.97. The first-order valence-electron chi connectivity index (χ1n) is 15.8. The molecule has 0 heterocycles. The molecule has 4 aliphatic rings. The lowest BCUT2D eigenvalue weighted by atomic mass is 9.39. The van der Waals surface area contributed by atoms with Gasteiger partial charge in [0, 0.05) is 12.1 Å². The van der Waals surface area contributed by atoms with E-state index in [0.29, 0.717) is 61.5 Å². The van der Waals surface area contributed by atoms with Crippen LogP contribution in [-0.4, -0.2) is 49.2 Å². The van der Waals surface area contributed by atoms with Crippen LogP contribution in [0.3, 0.4) is 0 Å². The van der Waals surface area contributed by atoms with E-state index in [2.05, 4.69) is 33.0 Å². The Kier molecular flexibility index (Phi) is 8.62. The van der Waals surface area contributed by atoms with Gasteiger partial charge >= 0.3 is 13.8 Å². The largest absolute Gasteiger partial charge is 0.507 e. The zero-order valence-electron chi connectivity index (χ0n) is 25.7. The number of aliphatic hydroxyl groups is 1. The molecule has 1 amide bonds. The molecule has 0 unspecified atom stereocenters. The zero-order chi connectivity index (χ0) is 31.5. The molecule has 0 aromatic heterocycles. The second-order valence-corrected chi connectivity index (χ2v) is 16.0. The standard InChI is InChI=1S/C32H48NO9P/c1-18(5-10-27(36)33-19-6-9-25(34)21(15-19)29(37)38)22-7-8-23-28-24(12-13-31(22,23)3)32(4)14-11-20(42-43(39,40)41)16-30(32,2)17-26(28)35/h6,9,15,18,20,22-24,26,28,34-35H,5,7-8,10-14,16-17H2,1-4H3,(H,33,36)(H,37,38)(H2,39,40,41)/t18-,20-,22-,23+,24+,26+,28+,30+,31-,32-/m1/s1. The summed E-state index contributed by atoms with van der Waals surface area (Å²) in [4.78, 5) is 42.9. The third-order valence-corrected chi connectivity index (χ3v) is 13.3. The molecule has 10 atom stereocenters. The maximum absolute atomic E-state index is 12.8. The molecule has 4 aliphatic carbocycles. The fraction of sp³-hybridized carbons (Fsp3) is 0.750. The first-order chi connectivity index (χ1) is 20.0. The molecule has 1 aromatic carbocycles. The molecule has 5 rings (SSSR count). The van der Waals surface area contributed by atoms with E-state index in [1.807, 2.05) is 0 Å². The number of aliphatic hydroxyl groups excluding tert-OH is 1. The van der Waals surface area contributed by atoms with Crippen molar-refractivity contribution in [3.8, 4) is 5.75 Å². The highest BCUT2D eigenvalue weighted by atomic mass is 31.2. The highest BCUT2D eigenvalue weighted by molar-refractivity contribution is 7.46. The third-order valence-electron chi connectivity index (χ3n) is 12.7. The number of fused-ring (bicyclic) bond motifs is 5. The second kappa shape index (κ2) is 11.4. The van der Waals surface area contributed by atoms with Crippen LogP contribution in [0, 0.1) is 45.8 Å². The highest BCUT2D eigenvalue weighted by Gasteiger charge is 2.66. The van der Waals surface area contributed by atoms with Gasteiger partial charge in [-0.05, 0) is 122 Å². The maximum Gasteiger partial charge on any atom is 0.469 e. The molecule has 240 valence electrons. The van der Waals surface area contributed by atoms with Crippen LogP contribution in [0.4, 0.5) is 5.69 Å². The molecule has 6 N–H and O–H groups in total. The summed E-state index contributed by atoms with van der Waals surface area (Å²) in [7, 11) is -4.57. The van der Waals surface area contributed by atoms with Crippen LogP contribution in [0.5, 0.6) is 5.75 Å². The van der Waals surface area contributed by atoms with E-state index in [0.717, 1.165) is 32.1 Å². The van der Waals surface area contributed by atoms with E-state index in [1.165, 1.54) is 18.2 Å². The number of benzene rings is 1. The van der Waals surface area contributed by atoms with Gasteiger partial charge in [0.1, 0.15) is 11.3 Å². The molecule has 4 saturated carbocycles. The second-order valence-electron chi connectivity index (χ2n) is 14.8. The monoisotopic (exact) mass is 621 g/mol. The molecular weight excluding hydrogens is 573 g/mol. The van der Waals surface area contributed by atoms with E-state index >= 15 is 0 Å². The number of aromatic hydroxyl groups is 1. The Labute approximate surface area is 253 Å². The van der Waals surface area contributed by atoms with Crippen molar-refractivity contribution >= 4 is 25.4 Å². The summed E-state index contributed by atoms with van der Waals surface area (Å²) in [5, 5.41) is 33.5. The molecule has 0 radical (unpaired) electrons. The third kappa shape index (κ3) is 5.90. The summed E-state index contributed by atoms with van der Waals surface area (Å²) >= 11 is 0. The van der Waals surface area contributed by atoms with Gasteiger partial charge < -0.3 is 30.4 Å². The van der Waals surface area contributed by atoms with Crippen molar-refractivity contribution in [1.82, 2.24) is 0 Å². The molecule has 43 heavy (non-hydrogen) atoms. The summed E-state index contributed by atoms with van der Waals surface area (Å²) in [5.41, 5.74) is -0.151. The van der Waals surface area contributed by atoms with Gasteiger partial charge in [0.15, 0.2) is 0 Å². The number of amides is 1. The van der Waals surface area contributed by atoms with Crippen molar-refractivity contribution in [2.24, 2.45) is 45.8 Å². The number of hydrogen-bond acceptors (Lipinski definition) is 6. The van der Waals surface area contributed by atoms with Crippen molar-refractivity contribution < 1.29 is 43.8 Å². The van der Waals surface area contributed by atoms with Crippen molar-refractivity contribution in [3.63, 3.8) is 0 Å². The van der Waals surface area contributed by atoms with Gasteiger partial charge in [-0.2, -0.15) is 0 Å². The number of anilines is 1. The van der Waals surface area contributed by atoms with Gasteiger partial charge in [-0.1, -0.05) is 27.7 Å². The van der Waals surface area contributed by atoms with Crippen molar-refractivity contribution in [2.75, 3.05) is 5.32 Å². The van der Waals surface area contributed by atoms with Crippen LogP contribution < -0.4 is 5.32 Å². The summed E-state index contributed by atoms with van der Waals surface area (Å²) in [6.45, 7) is 9.13. The molecule has 1 aromatic rings. The number of aromatic carboxylic acids is 1. The highest BCUT2D eigenvalue weighted by Crippen LogP contribution is 2.71. The van der Waals surface area contributed by atoms with E-state index < -0.39 is 26.0 Å². The van der Waals surface area contributed by atoms with E-state index in [-0.39, 0.29) is 39.4 Å². The lowest BCUT2D eigenvalue weighted by Gasteiger charge is -2.66. The molecule has 11 heteroatoms. The Balaban J connectivity index is 1.24. The zero-order valence-corrected chi connectivity index (χ0v) is 26.6. The van der Waals surface area contributed by atoms with Gasteiger partial charge in [0.25, 0.3) is 0 Å². The Morgan fingerprint density at radius 1 is 1.07 bits per heavy atom. The molecule has 4 fully saturated rings. The quantitative estimate of drug-likeness (QED) is 0.152. The molecule has 0 aliphatic heterocycles. The number of phenols is 1. The lowest BCUT2D eigenvalue weighted by Crippen LogP contribution is -2.62. The first kappa shape index (κ1) is 32.4. The molecular formula is C32H48NO9P. The van der Waals surface area contributed by atoms with Crippen molar-refractivity contribution in [3.05, 3.63) is 23.8 Å². The number of rotatable bonds is 8. The van der Waals surface area contributed by atoms with E-state index in [4.69, 9.17) is 4.52 Å². The molecule has 0 saturated heterocycles. The SMILES string of the molecule is C[C@H](CCC(=O)Nc1ccc(O)c(C(=O)O)c1)[C@H]1CC[C@H]2[C@@H]3[C@@H](O)C[C@]4(C)C[C@H](OP(=O)(O)O)CC[C@]4(C)[C@H]3CC[C@]12C. The molecule has 0 spiro atoms. The minimum Gasteiger partial charge on any atom is -0.507 e. The Morgan fingerprint density at radius 3 is 2.47 bits per heavy atom. The topological polar surface area (TPSA) is 174 Å². The van der Waals surface area contributed by atoms with Gasteiger partial charge in [-0.3, -0.25) is 9.32 Å². The Morgan fingerprint density at radius 2 is 1.79 bits per heavy atom. The Bertz CT molecular complexity index is 1300. The van der Waals surface area contributed by atoms with Crippen molar-refractivity contribution in [1.29, 1.82) is 0 Å².